The van der Waals surface area contributed by atoms with Crippen molar-refractivity contribution in [1.82, 2.24) is 5.43 Å². The van der Waals surface area contributed by atoms with Crippen LogP contribution in [0.3, 0.4) is 0 Å². The van der Waals surface area contributed by atoms with Crippen LogP contribution in [0.25, 0.3) is 6.08 Å². The van der Waals surface area contributed by atoms with Gasteiger partial charge in [-0.1, -0.05) is 48.5 Å². The van der Waals surface area contributed by atoms with Crippen LogP contribution in [-0.4, -0.2) is 31.4 Å². The Kier molecular flexibility index (Phi) is 6.36. The maximum Gasteiger partial charge on any atom is 0.282 e. The standard InChI is InChI=1S/C25H21N3O5/c1-32-21-14-8-9-17(23(21)33-16-22(29)26-18-10-4-2-5-11-18)15-20-24(30)27-28(25(20)31)19-12-6-3-7-13-19/h2-15H,16H2,1H3,(H,26,29)(H,27,30). The van der Waals surface area contributed by atoms with Gasteiger partial charge >= 0.3 is 0 Å². The number of amides is 3. The molecule has 8 heteroatoms. The van der Waals surface area contributed by atoms with Gasteiger partial charge in [0.1, 0.15) is 5.57 Å². The summed E-state index contributed by atoms with van der Waals surface area (Å²) in [7, 11) is 1.47. The first-order chi connectivity index (χ1) is 16.1. The molecule has 0 bridgehead atoms. The highest BCUT2D eigenvalue weighted by Crippen LogP contribution is 2.33. The summed E-state index contributed by atoms with van der Waals surface area (Å²) in [5, 5.41) is 3.92. The van der Waals surface area contributed by atoms with Crippen molar-refractivity contribution in [2.24, 2.45) is 0 Å². The van der Waals surface area contributed by atoms with Crippen LogP contribution in [0, 0.1) is 0 Å². The summed E-state index contributed by atoms with van der Waals surface area (Å²) in [6, 6.07) is 22.8. The molecule has 0 radical (unpaired) electrons. The SMILES string of the molecule is COc1cccc(C=C2C(=O)NN(c3ccccc3)C2=O)c1OCC(=O)Nc1ccccc1. The summed E-state index contributed by atoms with van der Waals surface area (Å²) in [5.74, 6) is -0.797. The first-order valence-corrected chi connectivity index (χ1v) is 10.1. The molecule has 3 amide bonds. The van der Waals surface area contributed by atoms with Crippen molar-refractivity contribution < 1.29 is 23.9 Å². The Balaban J connectivity index is 1.57. The van der Waals surface area contributed by atoms with Crippen LogP contribution in [0.1, 0.15) is 5.56 Å². The minimum Gasteiger partial charge on any atom is -0.493 e. The Labute approximate surface area is 190 Å². The van der Waals surface area contributed by atoms with Crippen LogP contribution in [0.5, 0.6) is 11.5 Å². The zero-order valence-corrected chi connectivity index (χ0v) is 17.8. The van der Waals surface area contributed by atoms with E-state index < -0.39 is 11.8 Å². The zero-order chi connectivity index (χ0) is 23.2. The number of para-hydroxylation sites is 3. The number of rotatable bonds is 7. The molecule has 3 aromatic carbocycles. The highest BCUT2D eigenvalue weighted by molar-refractivity contribution is 6.31. The lowest BCUT2D eigenvalue weighted by Gasteiger charge is -2.14. The first-order valence-electron chi connectivity index (χ1n) is 10.1. The Morgan fingerprint density at radius 3 is 2.36 bits per heavy atom. The molecule has 1 aliphatic heterocycles. The summed E-state index contributed by atoms with van der Waals surface area (Å²) < 4.78 is 11.1. The predicted octanol–water partition coefficient (Wildman–Crippen LogP) is 3.17. The van der Waals surface area contributed by atoms with E-state index >= 15 is 0 Å². The summed E-state index contributed by atoms with van der Waals surface area (Å²) in [6.07, 6.45) is 1.42. The van der Waals surface area contributed by atoms with Crippen molar-refractivity contribution in [2.75, 3.05) is 24.0 Å². The van der Waals surface area contributed by atoms with Gasteiger partial charge in [0, 0.05) is 11.3 Å². The van der Waals surface area contributed by atoms with Gasteiger partial charge in [-0.3, -0.25) is 19.8 Å². The molecular weight excluding hydrogens is 422 g/mol. The van der Waals surface area contributed by atoms with Crippen LogP contribution in [0.15, 0.2) is 84.4 Å². The molecule has 0 unspecified atom stereocenters. The van der Waals surface area contributed by atoms with Crippen LogP contribution in [0.2, 0.25) is 0 Å². The number of carbonyl (C=O) groups is 3. The molecule has 0 spiro atoms. The zero-order valence-electron chi connectivity index (χ0n) is 17.8. The minimum atomic E-state index is -0.542. The number of methoxy groups -OCH3 is 1. The normalized spacial score (nSPS) is 14.2. The predicted molar refractivity (Wildman–Crippen MR) is 124 cm³/mol. The largest absolute Gasteiger partial charge is 0.493 e. The third-order valence-electron chi connectivity index (χ3n) is 4.84. The van der Waals surface area contributed by atoms with Crippen LogP contribution in [-0.2, 0) is 14.4 Å². The van der Waals surface area contributed by atoms with E-state index in [0.717, 1.165) is 0 Å². The number of anilines is 2. The Morgan fingerprint density at radius 2 is 1.67 bits per heavy atom. The second kappa shape index (κ2) is 9.69. The van der Waals surface area contributed by atoms with Gasteiger partial charge in [-0.2, -0.15) is 0 Å². The lowest BCUT2D eigenvalue weighted by atomic mass is 10.1. The molecule has 8 nitrogen and oxygen atoms in total. The van der Waals surface area contributed by atoms with Gasteiger partial charge in [0.15, 0.2) is 18.1 Å². The average molecular weight is 443 g/mol. The van der Waals surface area contributed by atoms with E-state index in [4.69, 9.17) is 9.47 Å². The third-order valence-corrected chi connectivity index (χ3v) is 4.84. The number of hydrogen-bond donors (Lipinski definition) is 2. The van der Waals surface area contributed by atoms with Gasteiger partial charge < -0.3 is 14.8 Å². The molecule has 0 saturated carbocycles. The van der Waals surface area contributed by atoms with E-state index in [1.54, 1.807) is 54.6 Å². The van der Waals surface area contributed by atoms with E-state index in [0.29, 0.717) is 22.7 Å². The van der Waals surface area contributed by atoms with Gasteiger partial charge in [0.25, 0.3) is 17.7 Å². The molecule has 1 aliphatic rings. The van der Waals surface area contributed by atoms with E-state index in [1.807, 2.05) is 24.3 Å². The Hall–Kier alpha value is -4.59. The van der Waals surface area contributed by atoms with E-state index in [1.165, 1.54) is 18.2 Å². The van der Waals surface area contributed by atoms with Crippen molar-refractivity contribution in [3.63, 3.8) is 0 Å². The Bertz CT molecular complexity index is 1210. The van der Waals surface area contributed by atoms with Gasteiger partial charge in [0.05, 0.1) is 12.8 Å². The van der Waals surface area contributed by atoms with Crippen LogP contribution < -0.4 is 25.2 Å². The van der Waals surface area contributed by atoms with E-state index in [9.17, 15) is 14.4 Å². The van der Waals surface area contributed by atoms with Gasteiger partial charge in [-0.25, -0.2) is 5.01 Å². The van der Waals surface area contributed by atoms with Crippen molar-refractivity contribution in [3.8, 4) is 11.5 Å². The minimum absolute atomic E-state index is 0.0642. The second-order valence-electron chi connectivity index (χ2n) is 7.06. The molecule has 166 valence electrons. The van der Waals surface area contributed by atoms with Crippen molar-refractivity contribution in [2.45, 2.75) is 0 Å². The molecule has 0 aliphatic carbocycles. The van der Waals surface area contributed by atoms with Crippen LogP contribution in [0.4, 0.5) is 11.4 Å². The molecule has 0 atom stereocenters. The number of hydrazine groups is 1. The molecule has 1 fully saturated rings. The molecule has 0 aromatic heterocycles. The molecule has 2 N–H and O–H groups in total. The van der Waals surface area contributed by atoms with Crippen molar-refractivity contribution in [3.05, 3.63) is 90.0 Å². The number of hydrogen-bond acceptors (Lipinski definition) is 5. The van der Waals surface area contributed by atoms with E-state index in [2.05, 4.69) is 10.7 Å². The smallest absolute Gasteiger partial charge is 0.282 e. The number of nitrogens with zero attached hydrogens (tertiary/aromatic N) is 1. The number of benzene rings is 3. The maximum atomic E-state index is 12.9. The Morgan fingerprint density at radius 1 is 0.970 bits per heavy atom. The third kappa shape index (κ3) is 4.85. The molecule has 33 heavy (non-hydrogen) atoms. The van der Waals surface area contributed by atoms with Gasteiger partial charge in [0.2, 0.25) is 0 Å². The highest BCUT2D eigenvalue weighted by atomic mass is 16.5. The second-order valence-corrected chi connectivity index (χ2v) is 7.06. The summed E-state index contributed by atoms with van der Waals surface area (Å²) >= 11 is 0. The van der Waals surface area contributed by atoms with Crippen molar-refractivity contribution >= 4 is 35.2 Å². The molecular formula is C25H21N3O5. The van der Waals surface area contributed by atoms with Crippen molar-refractivity contribution in [1.29, 1.82) is 0 Å². The molecule has 1 saturated heterocycles. The molecule has 3 aromatic rings. The average Bonchev–Trinajstić information content (AvgIpc) is 3.12. The topological polar surface area (TPSA) is 97.0 Å². The van der Waals surface area contributed by atoms with Crippen LogP contribution >= 0.6 is 0 Å². The fraction of sp³-hybridized carbons (Fsp3) is 0.0800. The quantitative estimate of drug-likeness (QED) is 0.432. The van der Waals surface area contributed by atoms with E-state index in [-0.39, 0.29) is 23.8 Å². The lowest BCUT2D eigenvalue weighted by Crippen LogP contribution is -2.35. The number of carbonyl (C=O) groups excluding carboxylic acids is 3. The molecule has 1 heterocycles. The first kappa shape index (κ1) is 21.6. The fourth-order valence-electron chi connectivity index (χ4n) is 3.29. The lowest BCUT2D eigenvalue weighted by molar-refractivity contribution is -0.118. The van der Waals surface area contributed by atoms with Gasteiger partial charge in [-0.15, -0.1) is 0 Å². The summed E-state index contributed by atoms with van der Waals surface area (Å²) in [4.78, 5) is 37.8. The molecule has 4 rings (SSSR count). The summed E-state index contributed by atoms with van der Waals surface area (Å²) in [5.41, 5.74) is 4.10. The number of nitrogens with one attached hydrogen (secondary N) is 2. The maximum absolute atomic E-state index is 12.9. The monoisotopic (exact) mass is 443 g/mol. The summed E-state index contributed by atoms with van der Waals surface area (Å²) in [6.45, 7) is -0.290. The number of ether oxygens (including phenoxy) is 2. The fourth-order valence-corrected chi connectivity index (χ4v) is 3.29. The highest BCUT2D eigenvalue weighted by Gasteiger charge is 2.34. The van der Waals surface area contributed by atoms with Gasteiger partial charge in [-0.05, 0) is 36.4 Å².